The largest absolute Gasteiger partial charge is 0.444 e. The zero-order valence-electron chi connectivity index (χ0n) is 10.4. The van der Waals surface area contributed by atoms with Crippen LogP contribution in [0.15, 0.2) is 5.51 Å². The van der Waals surface area contributed by atoms with E-state index < -0.39 is 11.7 Å². The van der Waals surface area contributed by atoms with Gasteiger partial charge in [0.15, 0.2) is 5.78 Å². The normalized spacial score (nSPS) is 11.1. The fourth-order valence-electron chi connectivity index (χ4n) is 1.10. The Labute approximate surface area is 104 Å². The number of aromatic nitrogens is 1. The Morgan fingerprint density at radius 3 is 2.65 bits per heavy atom. The van der Waals surface area contributed by atoms with Crippen LogP contribution in [0.4, 0.5) is 9.80 Å². The number of hydrogen-bond acceptors (Lipinski definition) is 5. The van der Waals surface area contributed by atoms with Gasteiger partial charge < -0.3 is 4.74 Å². The zero-order valence-corrected chi connectivity index (χ0v) is 11.2. The fourth-order valence-corrected chi connectivity index (χ4v) is 1.78. The number of ether oxygens (including phenoxy) is 1. The first-order valence-electron chi connectivity index (χ1n) is 5.30. The Hall–Kier alpha value is -1.43. The van der Waals surface area contributed by atoms with Crippen LogP contribution in [-0.2, 0) is 4.74 Å². The first kappa shape index (κ1) is 13.6. The molecule has 6 heteroatoms. The monoisotopic (exact) mass is 256 g/mol. The van der Waals surface area contributed by atoms with Crippen LogP contribution in [0.2, 0.25) is 0 Å². The third-order valence-electron chi connectivity index (χ3n) is 1.77. The summed E-state index contributed by atoms with van der Waals surface area (Å²) < 4.78 is 5.10. The summed E-state index contributed by atoms with van der Waals surface area (Å²) in [5, 5.41) is 2.97. The lowest BCUT2D eigenvalue weighted by Gasteiger charge is -2.19. The van der Waals surface area contributed by atoms with Gasteiger partial charge in [-0.25, -0.2) is 9.78 Å². The molecular formula is C11H16N2O3S. The standard InChI is InChI=1S/C11H16N2O3S/c1-5-7(14)8-9(17-6-12-8)13-10(15)16-11(2,3)4/h6H,5H2,1-4H3,(H,13,15). The van der Waals surface area contributed by atoms with Gasteiger partial charge in [0.2, 0.25) is 0 Å². The molecule has 5 nitrogen and oxygen atoms in total. The molecule has 0 unspecified atom stereocenters. The molecule has 0 radical (unpaired) electrons. The lowest BCUT2D eigenvalue weighted by Crippen LogP contribution is -2.27. The van der Waals surface area contributed by atoms with Crippen LogP contribution in [0.5, 0.6) is 0 Å². The minimum absolute atomic E-state index is 0.0997. The van der Waals surface area contributed by atoms with Crippen LogP contribution in [-0.4, -0.2) is 22.5 Å². The van der Waals surface area contributed by atoms with E-state index in [1.165, 1.54) is 16.8 Å². The maximum absolute atomic E-state index is 11.5. The van der Waals surface area contributed by atoms with Crippen molar-refractivity contribution in [3.8, 4) is 0 Å². The minimum Gasteiger partial charge on any atom is -0.444 e. The van der Waals surface area contributed by atoms with Crippen molar-refractivity contribution in [3.05, 3.63) is 11.2 Å². The second kappa shape index (κ2) is 5.27. The van der Waals surface area contributed by atoms with Gasteiger partial charge in [0.25, 0.3) is 0 Å². The molecule has 17 heavy (non-hydrogen) atoms. The molecular weight excluding hydrogens is 240 g/mol. The topological polar surface area (TPSA) is 68.3 Å². The SMILES string of the molecule is CCC(=O)c1ncsc1NC(=O)OC(C)(C)C. The summed E-state index contributed by atoms with van der Waals surface area (Å²) in [6.07, 6.45) is -0.223. The van der Waals surface area contributed by atoms with Crippen LogP contribution in [0, 0.1) is 0 Å². The Morgan fingerprint density at radius 2 is 2.12 bits per heavy atom. The van der Waals surface area contributed by atoms with Gasteiger partial charge in [0, 0.05) is 6.42 Å². The first-order chi connectivity index (χ1) is 7.83. The molecule has 0 atom stereocenters. The van der Waals surface area contributed by atoms with Crippen molar-refractivity contribution >= 4 is 28.2 Å². The van der Waals surface area contributed by atoms with Crippen LogP contribution in [0.3, 0.4) is 0 Å². The molecule has 0 aliphatic heterocycles. The quantitative estimate of drug-likeness (QED) is 0.844. The maximum Gasteiger partial charge on any atom is 0.412 e. The molecule has 1 aromatic rings. The number of carbonyl (C=O) groups excluding carboxylic acids is 2. The molecule has 0 aliphatic rings. The Balaban J connectivity index is 2.72. The van der Waals surface area contributed by atoms with Gasteiger partial charge in [-0.3, -0.25) is 10.1 Å². The number of nitrogens with one attached hydrogen (secondary N) is 1. The average Bonchev–Trinajstić information content (AvgIpc) is 2.61. The van der Waals surface area contributed by atoms with Crippen molar-refractivity contribution in [3.63, 3.8) is 0 Å². The summed E-state index contributed by atoms with van der Waals surface area (Å²) in [5.74, 6) is -0.0997. The number of nitrogens with zero attached hydrogens (tertiary/aromatic N) is 1. The van der Waals surface area contributed by atoms with Crippen LogP contribution in [0.25, 0.3) is 0 Å². The van der Waals surface area contributed by atoms with Gasteiger partial charge in [-0.15, -0.1) is 11.3 Å². The second-order valence-electron chi connectivity index (χ2n) is 4.43. The lowest BCUT2D eigenvalue weighted by atomic mass is 10.2. The number of Topliss-reactive ketones (excluding diaryl/α,β-unsaturated/α-hetero) is 1. The molecule has 1 heterocycles. The van der Waals surface area contributed by atoms with E-state index in [4.69, 9.17) is 4.74 Å². The van der Waals surface area contributed by atoms with Crippen molar-refractivity contribution in [2.75, 3.05) is 5.32 Å². The van der Waals surface area contributed by atoms with Crippen LogP contribution >= 0.6 is 11.3 Å². The number of anilines is 1. The van der Waals surface area contributed by atoms with Crippen LogP contribution in [0.1, 0.15) is 44.6 Å². The number of carbonyl (C=O) groups is 2. The molecule has 0 saturated heterocycles. The molecule has 0 saturated carbocycles. The average molecular weight is 256 g/mol. The van der Waals surface area contributed by atoms with E-state index in [0.29, 0.717) is 17.1 Å². The molecule has 1 N–H and O–H groups in total. The second-order valence-corrected chi connectivity index (χ2v) is 5.29. The Kier molecular flexibility index (Phi) is 4.22. The highest BCUT2D eigenvalue weighted by Gasteiger charge is 2.20. The molecule has 0 aliphatic carbocycles. The predicted octanol–water partition coefficient (Wildman–Crippen LogP) is 3.08. The first-order valence-corrected chi connectivity index (χ1v) is 6.18. The molecule has 0 fully saturated rings. The summed E-state index contributed by atoms with van der Waals surface area (Å²) in [6.45, 7) is 7.07. The number of thiazole rings is 1. The van der Waals surface area contributed by atoms with Gasteiger partial charge in [-0.2, -0.15) is 0 Å². The summed E-state index contributed by atoms with van der Waals surface area (Å²) >= 11 is 1.20. The van der Waals surface area contributed by atoms with Gasteiger partial charge >= 0.3 is 6.09 Å². The molecule has 1 amide bonds. The molecule has 0 aromatic carbocycles. The maximum atomic E-state index is 11.5. The summed E-state index contributed by atoms with van der Waals surface area (Å²) in [4.78, 5) is 27.0. The third kappa shape index (κ3) is 4.14. The van der Waals surface area contributed by atoms with Crippen LogP contribution < -0.4 is 5.32 Å². The highest BCUT2D eigenvalue weighted by molar-refractivity contribution is 7.14. The number of rotatable bonds is 3. The highest BCUT2D eigenvalue weighted by Crippen LogP contribution is 2.22. The molecule has 0 bridgehead atoms. The number of hydrogen-bond donors (Lipinski definition) is 1. The van der Waals surface area contributed by atoms with Crippen molar-refractivity contribution in [2.45, 2.75) is 39.7 Å². The highest BCUT2D eigenvalue weighted by atomic mass is 32.1. The van der Waals surface area contributed by atoms with Gasteiger partial charge in [-0.1, -0.05) is 6.92 Å². The fraction of sp³-hybridized carbons (Fsp3) is 0.545. The summed E-state index contributed by atoms with van der Waals surface area (Å²) in [5.41, 5.74) is 1.25. The van der Waals surface area contributed by atoms with Crippen molar-refractivity contribution < 1.29 is 14.3 Å². The lowest BCUT2D eigenvalue weighted by molar-refractivity contribution is 0.0636. The van der Waals surface area contributed by atoms with Crippen molar-refractivity contribution in [2.24, 2.45) is 0 Å². The van der Waals surface area contributed by atoms with E-state index in [1.54, 1.807) is 27.7 Å². The van der Waals surface area contributed by atoms with E-state index in [9.17, 15) is 9.59 Å². The molecule has 0 spiro atoms. The van der Waals surface area contributed by atoms with Gasteiger partial charge in [0.1, 0.15) is 16.3 Å². The summed E-state index contributed by atoms with van der Waals surface area (Å²) in [7, 11) is 0. The van der Waals surface area contributed by atoms with E-state index in [-0.39, 0.29) is 5.78 Å². The van der Waals surface area contributed by atoms with E-state index in [2.05, 4.69) is 10.3 Å². The van der Waals surface area contributed by atoms with Gasteiger partial charge in [-0.05, 0) is 20.8 Å². The summed E-state index contributed by atoms with van der Waals surface area (Å²) in [6, 6.07) is 0. The zero-order chi connectivity index (χ0) is 13.1. The molecule has 1 rings (SSSR count). The van der Waals surface area contributed by atoms with E-state index in [0.717, 1.165) is 0 Å². The van der Waals surface area contributed by atoms with E-state index in [1.807, 2.05) is 0 Å². The van der Waals surface area contributed by atoms with Crippen molar-refractivity contribution in [1.29, 1.82) is 0 Å². The van der Waals surface area contributed by atoms with Crippen molar-refractivity contribution in [1.82, 2.24) is 4.98 Å². The molecule has 94 valence electrons. The number of ketones is 1. The smallest absolute Gasteiger partial charge is 0.412 e. The minimum atomic E-state index is -0.577. The molecule has 1 aromatic heterocycles. The Bertz CT molecular complexity index is 421. The van der Waals surface area contributed by atoms with Gasteiger partial charge in [0.05, 0.1) is 5.51 Å². The number of amides is 1. The predicted molar refractivity (Wildman–Crippen MR) is 66.6 cm³/mol. The third-order valence-corrected chi connectivity index (χ3v) is 2.51. The Morgan fingerprint density at radius 1 is 1.47 bits per heavy atom. The van der Waals surface area contributed by atoms with E-state index >= 15 is 0 Å².